The van der Waals surface area contributed by atoms with Gasteiger partial charge < -0.3 is 19.6 Å². The van der Waals surface area contributed by atoms with Crippen LogP contribution >= 0.6 is 11.6 Å². The number of rotatable bonds is 9. The van der Waals surface area contributed by atoms with Crippen molar-refractivity contribution >= 4 is 39.9 Å². The van der Waals surface area contributed by atoms with Crippen molar-refractivity contribution in [2.45, 2.75) is 29.3 Å². The van der Waals surface area contributed by atoms with Gasteiger partial charge >= 0.3 is 0 Å². The quantitative estimate of drug-likeness (QED) is 0.316. The number of hydrogen-bond acceptors (Lipinski definition) is 8. The van der Waals surface area contributed by atoms with Gasteiger partial charge in [0.05, 0.1) is 21.6 Å². The Morgan fingerprint density at radius 3 is 2.36 bits per heavy atom. The molecule has 0 spiro atoms. The Hall–Kier alpha value is -1.88. The van der Waals surface area contributed by atoms with Gasteiger partial charge in [0.15, 0.2) is 17.4 Å². The van der Waals surface area contributed by atoms with Crippen LogP contribution in [0.4, 0.5) is 8.78 Å². The van der Waals surface area contributed by atoms with E-state index in [4.69, 9.17) is 21.5 Å². The fourth-order valence-electron chi connectivity index (χ4n) is 5.41. The zero-order chi connectivity index (χ0) is 30.4. The van der Waals surface area contributed by atoms with Gasteiger partial charge in [-0.3, -0.25) is 4.90 Å². The number of benzene rings is 2. The third-order valence-corrected chi connectivity index (χ3v) is 10.9. The summed E-state index contributed by atoms with van der Waals surface area (Å²) in [6.45, 7) is 5.02. The third kappa shape index (κ3) is 7.60. The molecule has 10 nitrogen and oxygen atoms in total. The minimum absolute atomic E-state index is 0.101. The Labute approximate surface area is 254 Å². The van der Waals surface area contributed by atoms with Crippen molar-refractivity contribution in [1.82, 2.24) is 23.9 Å². The standard InChI is InChI=1S/C26H31ClF2N4O4S2.CH5NO/c1-30-8-10-31(11-9-30)12-13-38(35)32-16-20-6-7-26(17-32,18-34)33(20)39(36)22-14-23(28)25(24(29)15-22)37-21-4-2-19(27)3-5-21;1-2-3/h2-5,14-15,18,20H,6-13,16-17H2,1H3;2-3H,1H3. The van der Waals surface area contributed by atoms with Crippen LogP contribution in [-0.4, -0.2) is 116 Å². The van der Waals surface area contributed by atoms with E-state index in [1.54, 1.807) is 14.1 Å². The molecule has 2 aromatic rings. The molecular weight excluding hydrogens is 612 g/mol. The molecule has 0 radical (unpaired) electrons. The maximum Gasteiger partial charge on any atom is 0.198 e. The van der Waals surface area contributed by atoms with Crippen LogP contribution in [0.2, 0.25) is 5.02 Å². The molecule has 3 aliphatic rings. The number of carbonyl (C=O) groups is 1. The van der Waals surface area contributed by atoms with E-state index >= 15 is 0 Å². The number of hydrogen-bond donors (Lipinski definition) is 2. The number of carbonyl (C=O) groups excluding carboxylic acids is 1. The predicted octanol–water partition coefficient (Wildman–Crippen LogP) is 2.66. The lowest BCUT2D eigenvalue weighted by Gasteiger charge is -2.44. The van der Waals surface area contributed by atoms with E-state index in [0.29, 0.717) is 36.7 Å². The van der Waals surface area contributed by atoms with Crippen LogP contribution in [0.1, 0.15) is 12.8 Å². The number of halogens is 3. The zero-order valence-corrected chi connectivity index (χ0v) is 25.9. The molecule has 2 aromatic carbocycles. The zero-order valence-electron chi connectivity index (χ0n) is 23.5. The highest BCUT2D eigenvalue weighted by atomic mass is 35.5. The lowest BCUT2D eigenvalue weighted by molar-refractivity contribution is -0.116. The van der Waals surface area contributed by atoms with Crippen LogP contribution in [0.5, 0.6) is 11.5 Å². The molecule has 3 heterocycles. The normalized spacial score (nSPS) is 25.0. The number of hydroxylamine groups is 1. The number of nitrogens with zero attached hydrogens (tertiary/aromatic N) is 4. The monoisotopic (exact) mass is 647 g/mol. The molecule has 0 aliphatic carbocycles. The van der Waals surface area contributed by atoms with E-state index in [-0.39, 0.29) is 23.2 Å². The summed E-state index contributed by atoms with van der Waals surface area (Å²) in [6.07, 6.45) is 1.75. The van der Waals surface area contributed by atoms with Crippen molar-refractivity contribution < 1.29 is 31.9 Å². The molecule has 5 rings (SSSR count). The summed E-state index contributed by atoms with van der Waals surface area (Å²) in [6, 6.07) is 7.63. The van der Waals surface area contributed by atoms with E-state index in [9.17, 15) is 22.0 Å². The molecule has 15 heteroatoms. The SMILES string of the molecule is CN1CCN(CCS(=O)N2CC3CCC(C=O)(C2)N3S(=O)c2cc(F)c(Oc3ccc(Cl)cc3)c(F)c2)CC1.CNO. The summed E-state index contributed by atoms with van der Waals surface area (Å²) in [4.78, 5) is 16.9. The molecule has 4 unspecified atom stereocenters. The largest absolute Gasteiger partial charge is 0.451 e. The van der Waals surface area contributed by atoms with Gasteiger partial charge in [-0.2, -0.15) is 0 Å². The van der Waals surface area contributed by atoms with Crippen LogP contribution in [-0.2, 0) is 26.8 Å². The first-order valence-electron chi connectivity index (χ1n) is 13.6. The lowest BCUT2D eigenvalue weighted by atomic mass is 10.0. The average Bonchev–Trinajstić information content (AvgIpc) is 3.21. The summed E-state index contributed by atoms with van der Waals surface area (Å²) in [5.41, 5.74) is 0.600. The predicted molar refractivity (Wildman–Crippen MR) is 157 cm³/mol. The minimum Gasteiger partial charge on any atom is -0.451 e. The first-order chi connectivity index (χ1) is 20.1. The van der Waals surface area contributed by atoms with Gasteiger partial charge in [-0.15, -0.1) is 0 Å². The van der Waals surface area contributed by atoms with E-state index in [0.717, 1.165) is 44.6 Å². The highest BCUT2D eigenvalue weighted by Crippen LogP contribution is 2.42. The number of nitrogens with one attached hydrogen (secondary N) is 1. The Morgan fingerprint density at radius 1 is 1.14 bits per heavy atom. The van der Waals surface area contributed by atoms with Crippen molar-refractivity contribution in [3.63, 3.8) is 0 Å². The van der Waals surface area contributed by atoms with Crippen molar-refractivity contribution in [1.29, 1.82) is 0 Å². The molecule has 4 atom stereocenters. The smallest absolute Gasteiger partial charge is 0.198 e. The molecule has 0 saturated carbocycles. The molecule has 42 heavy (non-hydrogen) atoms. The maximum absolute atomic E-state index is 14.9. The van der Waals surface area contributed by atoms with Gasteiger partial charge in [-0.1, -0.05) is 11.6 Å². The van der Waals surface area contributed by atoms with E-state index in [1.165, 1.54) is 31.3 Å². The average molecular weight is 648 g/mol. The second-order valence-corrected chi connectivity index (χ2v) is 13.8. The van der Waals surface area contributed by atoms with Crippen molar-refractivity contribution in [2.75, 3.05) is 65.7 Å². The number of piperazine rings is 2. The molecule has 232 valence electrons. The summed E-state index contributed by atoms with van der Waals surface area (Å²) in [7, 11) is 0.199. The van der Waals surface area contributed by atoms with Gasteiger partial charge in [-0.25, -0.2) is 31.3 Å². The second-order valence-electron chi connectivity index (χ2n) is 10.5. The Kier molecular flexibility index (Phi) is 11.6. The number of fused-ring (bicyclic) bond motifs is 2. The second kappa shape index (κ2) is 14.7. The van der Waals surface area contributed by atoms with Gasteiger partial charge in [0.2, 0.25) is 0 Å². The van der Waals surface area contributed by atoms with Gasteiger partial charge in [0, 0.05) is 63.9 Å². The van der Waals surface area contributed by atoms with E-state index in [1.807, 2.05) is 0 Å². The molecule has 0 amide bonds. The number of aldehydes is 1. The first kappa shape index (κ1) is 33.0. The summed E-state index contributed by atoms with van der Waals surface area (Å²) in [5.74, 6) is -1.98. The van der Waals surface area contributed by atoms with Gasteiger partial charge in [-0.05, 0) is 56.3 Å². The molecule has 2 N–H and O–H groups in total. The summed E-state index contributed by atoms with van der Waals surface area (Å²) in [5, 5.41) is 7.77. The molecule has 3 saturated heterocycles. The van der Waals surface area contributed by atoms with Crippen LogP contribution in [0.3, 0.4) is 0 Å². The minimum atomic E-state index is -2.01. The third-order valence-electron chi connectivity index (χ3n) is 7.62. The van der Waals surface area contributed by atoms with Crippen molar-refractivity contribution in [3.8, 4) is 11.5 Å². The highest BCUT2D eigenvalue weighted by Gasteiger charge is 2.55. The van der Waals surface area contributed by atoms with E-state index in [2.05, 4.69) is 16.8 Å². The van der Waals surface area contributed by atoms with Gasteiger partial charge in [0.1, 0.15) is 28.6 Å². The first-order valence-corrected chi connectivity index (χ1v) is 16.3. The fraction of sp³-hybridized carbons (Fsp3) is 0.519. The Morgan fingerprint density at radius 2 is 1.76 bits per heavy atom. The number of likely N-dealkylation sites (N-methyl/N-ethyl adjacent to an activating group) is 1. The molecular formula is C27H36ClF2N5O5S2. The number of ether oxygens (including phenoxy) is 1. The van der Waals surface area contributed by atoms with Gasteiger partial charge in [0.25, 0.3) is 0 Å². The lowest BCUT2D eigenvalue weighted by Crippen LogP contribution is -2.63. The van der Waals surface area contributed by atoms with Crippen LogP contribution < -0.4 is 10.2 Å². The highest BCUT2D eigenvalue weighted by molar-refractivity contribution is 7.83. The van der Waals surface area contributed by atoms with Crippen molar-refractivity contribution in [2.24, 2.45) is 0 Å². The summed E-state index contributed by atoms with van der Waals surface area (Å²) >= 11 is 5.85. The Balaban J connectivity index is 0.00000129. The molecule has 2 bridgehead atoms. The Bertz CT molecular complexity index is 1270. The fourth-order valence-corrected chi connectivity index (χ4v) is 8.51. The maximum atomic E-state index is 14.9. The summed E-state index contributed by atoms with van der Waals surface area (Å²) < 4.78 is 65.4. The van der Waals surface area contributed by atoms with Crippen LogP contribution in [0, 0.1) is 11.6 Å². The molecule has 3 aliphatic heterocycles. The van der Waals surface area contributed by atoms with E-state index < -0.39 is 44.9 Å². The molecule has 0 aromatic heterocycles. The van der Waals surface area contributed by atoms with Crippen LogP contribution in [0.15, 0.2) is 41.3 Å². The molecule has 3 fully saturated rings. The van der Waals surface area contributed by atoms with Crippen LogP contribution in [0.25, 0.3) is 0 Å². The topological polar surface area (TPSA) is 106 Å². The van der Waals surface area contributed by atoms with Crippen molar-refractivity contribution in [3.05, 3.63) is 53.1 Å².